The Kier molecular flexibility index (Phi) is 4.10. The van der Waals surface area contributed by atoms with E-state index in [1.807, 2.05) is 24.3 Å². The molecule has 4 nitrogen and oxygen atoms in total. The second kappa shape index (κ2) is 6.77. The maximum atomic E-state index is 14.0. The van der Waals surface area contributed by atoms with Crippen LogP contribution in [-0.4, -0.2) is 24.0 Å². The van der Waals surface area contributed by atoms with Gasteiger partial charge in [0.05, 0.1) is 6.67 Å². The minimum Gasteiger partial charge on any atom is -0.335 e. The van der Waals surface area contributed by atoms with Crippen LogP contribution in [0.15, 0.2) is 66.9 Å². The lowest BCUT2D eigenvalue weighted by Crippen LogP contribution is -2.34. The molecule has 140 valence electrons. The van der Waals surface area contributed by atoms with Gasteiger partial charge >= 0.3 is 0 Å². The quantitative estimate of drug-likeness (QED) is 0.737. The highest BCUT2D eigenvalue weighted by Gasteiger charge is 2.26. The number of benzene rings is 3. The van der Waals surface area contributed by atoms with Crippen LogP contribution < -0.4 is 10.2 Å². The highest BCUT2D eigenvalue weighted by molar-refractivity contribution is 5.99. The van der Waals surface area contributed by atoms with Gasteiger partial charge in [-0.05, 0) is 46.7 Å². The van der Waals surface area contributed by atoms with Crippen molar-refractivity contribution in [1.29, 1.82) is 0 Å². The average molecular weight is 373 g/mol. The van der Waals surface area contributed by atoms with Crippen molar-refractivity contribution in [3.63, 3.8) is 0 Å². The highest BCUT2D eigenvalue weighted by Crippen LogP contribution is 2.28. The van der Waals surface area contributed by atoms with Crippen molar-refractivity contribution in [3.8, 4) is 0 Å². The molecule has 28 heavy (non-hydrogen) atoms. The van der Waals surface area contributed by atoms with E-state index in [1.165, 1.54) is 6.07 Å². The van der Waals surface area contributed by atoms with Gasteiger partial charge in [-0.2, -0.15) is 0 Å². The Bertz CT molecular complexity index is 1110. The molecule has 0 fully saturated rings. The standard InChI is InChI=1S/C23H20FN3O/c24-22-4-1-3-18-13-27(14-21(18)22)23(28)17-6-5-16-7-8-20(12-19(16)11-17)26-10-2-9-25-15-26/h1-8,10-12,25H,9,13-15H2. The normalized spacial score (nSPS) is 15.9. The highest BCUT2D eigenvalue weighted by atomic mass is 19.1. The number of amides is 1. The predicted molar refractivity (Wildman–Crippen MR) is 108 cm³/mol. The molecule has 0 aromatic heterocycles. The summed E-state index contributed by atoms with van der Waals surface area (Å²) in [6.45, 7) is 2.41. The number of anilines is 1. The first-order valence-electron chi connectivity index (χ1n) is 9.42. The van der Waals surface area contributed by atoms with Gasteiger partial charge in [-0.25, -0.2) is 4.39 Å². The summed E-state index contributed by atoms with van der Waals surface area (Å²) in [5.74, 6) is -0.304. The number of rotatable bonds is 2. The van der Waals surface area contributed by atoms with Crippen LogP contribution in [0.2, 0.25) is 0 Å². The van der Waals surface area contributed by atoms with Crippen LogP contribution in [0.4, 0.5) is 10.1 Å². The molecule has 0 unspecified atom stereocenters. The lowest BCUT2D eigenvalue weighted by atomic mass is 10.0. The van der Waals surface area contributed by atoms with E-state index in [4.69, 9.17) is 0 Å². The Hall–Kier alpha value is -3.18. The molecule has 1 N–H and O–H groups in total. The van der Waals surface area contributed by atoms with Gasteiger partial charge in [0.25, 0.3) is 5.91 Å². The molecule has 0 aliphatic carbocycles. The monoisotopic (exact) mass is 373 g/mol. The number of nitrogens with zero attached hydrogens (tertiary/aromatic N) is 2. The maximum Gasteiger partial charge on any atom is 0.254 e. The van der Waals surface area contributed by atoms with Gasteiger partial charge in [-0.1, -0.05) is 30.3 Å². The Morgan fingerprint density at radius 1 is 1.00 bits per heavy atom. The molecule has 0 saturated carbocycles. The Morgan fingerprint density at radius 3 is 2.71 bits per heavy atom. The van der Waals surface area contributed by atoms with E-state index >= 15 is 0 Å². The molecule has 2 aliphatic heterocycles. The molecule has 0 atom stereocenters. The summed E-state index contributed by atoms with van der Waals surface area (Å²) < 4.78 is 14.0. The van der Waals surface area contributed by atoms with E-state index in [9.17, 15) is 9.18 Å². The minimum atomic E-state index is -0.237. The summed E-state index contributed by atoms with van der Waals surface area (Å²) in [4.78, 5) is 16.9. The molecular formula is C23H20FN3O. The fraction of sp³-hybridized carbons (Fsp3) is 0.174. The topological polar surface area (TPSA) is 35.6 Å². The third-order valence-electron chi connectivity index (χ3n) is 5.45. The first kappa shape index (κ1) is 17.0. The van der Waals surface area contributed by atoms with Gasteiger partial charge in [-0.15, -0.1) is 0 Å². The smallest absolute Gasteiger partial charge is 0.254 e. The van der Waals surface area contributed by atoms with Gasteiger partial charge in [-0.3, -0.25) is 10.1 Å². The molecule has 0 saturated heterocycles. The summed E-state index contributed by atoms with van der Waals surface area (Å²) in [5.41, 5.74) is 3.23. The summed E-state index contributed by atoms with van der Waals surface area (Å²) in [5, 5.41) is 5.42. The third kappa shape index (κ3) is 2.94. The molecule has 3 aromatic carbocycles. The first-order valence-corrected chi connectivity index (χ1v) is 9.42. The zero-order valence-electron chi connectivity index (χ0n) is 15.4. The summed E-state index contributed by atoms with van der Waals surface area (Å²) in [6.07, 6.45) is 4.15. The van der Waals surface area contributed by atoms with Crippen molar-refractivity contribution in [3.05, 3.63) is 89.4 Å². The predicted octanol–water partition coefficient (Wildman–Crippen LogP) is 4.02. The molecule has 1 amide bonds. The van der Waals surface area contributed by atoms with E-state index in [0.717, 1.165) is 35.2 Å². The second-order valence-corrected chi connectivity index (χ2v) is 7.25. The lowest BCUT2D eigenvalue weighted by molar-refractivity contribution is 0.0751. The average Bonchev–Trinajstić information content (AvgIpc) is 3.19. The molecular weight excluding hydrogens is 353 g/mol. The molecule has 2 heterocycles. The molecule has 5 heteroatoms. The van der Waals surface area contributed by atoms with Crippen LogP contribution in [0.1, 0.15) is 21.5 Å². The van der Waals surface area contributed by atoms with Crippen molar-refractivity contribution in [1.82, 2.24) is 10.2 Å². The lowest BCUT2D eigenvalue weighted by Gasteiger charge is -2.24. The van der Waals surface area contributed by atoms with Crippen LogP contribution >= 0.6 is 0 Å². The minimum absolute atomic E-state index is 0.0672. The van der Waals surface area contributed by atoms with E-state index in [2.05, 4.69) is 40.7 Å². The number of fused-ring (bicyclic) bond motifs is 2. The molecule has 0 radical (unpaired) electrons. The van der Waals surface area contributed by atoms with Crippen LogP contribution in [0.3, 0.4) is 0 Å². The zero-order chi connectivity index (χ0) is 19.1. The van der Waals surface area contributed by atoms with Crippen molar-refractivity contribution in [2.75, 3.05) is 18.1 Å². The zero-order valence-corrected chi connectivity index (χ0v) is 15.4. The van der Waals surface area contributed by atoms with E-state index < -0.39 is 0 Å². The Balaban J connectivity index is 1.44. The maximum absolute atomic E-state index is 14.0. The van der Waals surface area contributed by atoms with Gasteiger partial charge in [0.2, 0.25) is 0 Å². The number of hydrogen-bond acceptors (Lipinski definition) is 3. The summed E-state index contributed by atoms with van der Waals surface area (Å²) in [6, 6.07) is 17.1. The van der Waals surface area contributed by atoms with Crippen molar-refractivity contribution < 1.29 is 9.18 Å². The van der Waals surface area contributed by atoms with Crippen LogP contribution in [0.5, 0.6) is 0 Å². The first-order chi connectivity index (χ1) is 13.7. The SMILES string of the molecule is O=C(c1ccc2ccc(N3C=CCNC3)cc2c1)N1Cc2cccc(F)c2C1. The summed E-state index contributed by atoms with van der Waals surface area (Å²) >= 11 is 0. The van der Waals surface area contributed by atoms with Crippen LogP contribution in [0.25, 0.3) is 10.8 Å². The molecule has 2 aliphatic rings. The number of carbonyl (C=O) groups excluding carboxylic acids is 1. The molecule has 0 spiro atoms. The third-order valence-corrected chi connectivity index (χ3v) is 5.45. The van der Waals surface area contributed by atoms with Crippen molar-refractivity contribution in [2.45, 2.75) is 13.1 Å². The molecule has 3 aromatic rings. The molecule has 0 bridgehead atoms. The summed E-state index contributed by atoms with van der Waals surface area (Å²) in [7, 11) is 0. The van der Waals surface area contributed by atoms with E-state index in [1.54, 1.807) is 11.0 Å². The van der Waals surface area contributed by atoms with Crippen molar-refractivity contribution in [2.24, 2.45) is 0 Å². The van der Waals surface area contributed by atoms with Gasteiger partial charge in [0, 0.05) is 42.6 Å². The van der Waals surface area contributed by atoms with Gasteiger partial charge in [0.15, 0.2) is 0 Å². The second-order valence-electron chi connectivity index (χ2n) is 7.25. The molecule has 5 rings (SSSR count). The largest absolute Gasteiger partial charge is 0.335 e. The van der Waals surface area contributed by atoms with Crippen LogP contribution in [-0.2, 0) is 13.1 Å². The number of hydrogen-bond donors (Lipinski definition) is 1. The van der Waals surface area contributed by atoms with E-state index in [-0.39, 0.29) is 11.7 Å². The van der Waals surface area contributed by atoms with Crippen LogP contribution in [0, 0.1) is 5.82 Å². The number of carbonyl (C=O) groups is 1. The van der Waals surface area contributed by atoms with Gasteiger partial charge < -0.3 is 9.80 Å². The van der Waals surface area contributed by atoms with Crippen molar-refractivity contribution >= 4 is 22.4 Å². The number of halogens is 1. The number of nitrogens with one attached hydrogen (secondary N) is 1. The fourth-order valence-corrected chi connectivity index (χ4v) is 3.93. The van der Waals surface area contributed by atoms with E-state index in [0.29, 0.717) is 24.2 Å². The Morgan fingerprint density at radius 2 is 1.89 bits per heavy atom. The Labute approximate surface area is 162 Å². The van der Waals surface area contributed by atoms with Gasteiger partial charge in [0.1, 0.15) is 5.82 Å². The fourth-order valence-electron chi connectivity index (χ4n) is 3.93.